The molecule has 0 aromatic heterocycles. The largest absolute Gasteiger partial charge is 0.508 e. The van der Waals surface area contributed by atoms with Crippen molar-refractivity contribution in [2.24, 2.45) is 0 Å². The molecule has 0 saturated carbocycles. The minimum absolute atomic E-state index is 0.0459. The van der Waals surface area contributed by atoms with E-state index in [4.69, 9.17) is 0 Å². The SMILES string of the molecule is CC(C)(O)C1CNc2ccc(O)cc21. The summed E-state index contributed by atoms with van der Waals surface area (Å²) in [6, 6.07) is 5.22. The number of rotatable bonds is 1. The molecular weight excluding hydrogens is 178 g/mol. The summed E-state index contributed by atoms with van der Waals surface area (Å²) >= 11 is 0. The lowest BCUT2D eigenvalue weighted by Crippen LogP contribution is -2.30. The fourth-order valence-electron chi connectivity index (χ4n) is 1.95. The van der Waals surface area contributed by atoms with Gasteiger partial charge in [-0.2, -0.15) is 0 Å². The summed E-state index contributed by atoms with van der Waals surface area (Å²) in [5.41, 5.74) is 1.25. The maximum atomic E-state index is 9.93. The van der Waals surface area contributed by atoms with E-state index < -0.39 is 5.60 Å². The number of hydrogen-bond acceptors (Lipinski definition) is 3. The Kier molecular flexibility index (Phi) is 1.93. The van der Waals surface area contributed by atoms with Crippen molar-refractivity contribution in [2.45, 2.75) is 25.4 Å². The van der Waals surface area contributed by atoms with Gasteiger partial charge < -0.3 is 15.5 Å². The van der Waals surface area contributed by atoms with E-state index in [1.54, 1.807) is 26.0 Å². The summed E-state index contributed by atoms with van der Waals surface area (Å²) in [7, 11) is 0. The van der Waals surface area contributed by atoms with E-state index in [0.717, 1.165) is 17.8 Å². The van der Waals surface area contributed by atoms with Gasteiger partial charge in [0.1, 0.15) is 5.75 Å². The Labute approximate surface area is 83.4 Å². The van der Waals surface area contributed by atoms with Gasteiger partial charge in [0.25, 0.3) is 0 Å². The first-order valence-corrected chi connectivity index (χ1v) is 4.77. The van der Waals surface area contributed by atoms with E-state index in [1.807, 2.05) is 6.07 Å². The predicted molar refractivity (Wildman–Crippen MR) is 55.6 cm³/mol. The minimum atomic E-state index is -0.758. The molecule has 0 fully saturated rings. The lowest BCUT2D eigenvalue weighted by Gasteiger charge is -2.25. The molecule has 1 aromatic rings. The third-order valence-electron chi connectivity index (χ3n) is 2.76. The summed E-state index contributed by atoms with van der Waals surface area (Å²) in [6.45, 7) is 4.30. The highest BCUT2D eigenvalue weighted by Crippen LogP contribution is 2.39. The van der Waals surface area contributed by atoms with E-state index in [1.165, 1.54) is 0 Å². The molecule has 2 rings (SSSR count). The lowest BCUT2D eigenvalue weighted by atomic mass is 9.86. The molecule has 1 atom stereocenters. The third kappa shape index (κ3) is 1.44. The van der Waals surface area contributed by atoms with E-state index >= 15 is 0 Å². The van der Waals surface area contributed by atoms with Gasteiger partial charge in [-0.25, -0.2) is 0 Å². The van der Waals surface area contributed by atoms with Crippen LogP contribution < -0.4 is 5.32 Å². The number of anilines is 1. The molecule has 3 heteroatoms. The van der Waals surface area contributed by atoms with Crippen molar-refractivity contribution in [2.75, 3.05) is 11.9 Å². The van der Waals surface area contributed by atoms with E-state index in [2.05, 4.69) is 5.32 Å². The van der Waals surface area contributed by atoms with E-state index in [0.29, 0.717) is 0 Å². The Morgan fingerprint density at radius 2 is 2.14 bits per heavy atom. The Balaban J connectivity index is 2.43. The van der Waals surface area contributed by atoms with Gasteiger partial charge in [0.2, 0.25) is 0 Å². The van der Waals surface area contributed by atoms with Gasteiger partial charge >= 0.3 is 0 Å². The molecule has 0 aliphatic carbocycles. The molecular formula is C11H15NO2. The van der Waals surface area contributed by atoms with Gasteiger partial charge in [-0.1, -0.05) is 0 Å². The number of nitrogens with one attached hydrogen (secondary N) is 1. The molecule has 76 valence electrons. The van der Waals surface area contributed by atoms with Gasteiger partial charge in [-0.3, -0.25) is 0 Å². The standard InChI is InChI=1S/C11H15NO2/c1-11(2,14)9-6-12-10-4-3-7(13)5-8(9)10/h3-5,9,12-14H,6H2,1-2H3. The number of aromatic hydroxyl groups is 1. The van der Waals surface area contributed by atoms with Gasteiger partial charge in [0.15, 0.2) is 0 Å². The predicted octanol–water partition coefficient (Wildman–Crippen LogP) is 1.67. The smallest absolute Gasteiger partial charge is 0.116 e. The third-order valence-corrected chi connectivity index (χ3v) is 2.76. The van der Waals surface area contributed by atoms with Crippen molar-refractivity contribution < 1.29 is 10.2 Å². The van der Waals surface area contributed by atoms with Crippen LogP contribution in [-0.4, -0.2) is 22.4 Å². The van der Waals surface area contributed by atoms with E-state index in [9.17, 15) is 10.2 Å². The molecule has 0 bridgehead atoms. The van der Waals surface area contributed by atoms with E-state index in [-0.39, 0.29) is 11.7 Å². The fraction of sp³-hybridized carbons (Fsp3) is 0.455. The summed E-state index contributed by atoms with van der Waals surface area (Å²) in [4.78, 5) is 0. The van der Waals surface area contributed by atoms with Crippen LogP contribution in [0.15, 0.2) is 18.2 Å². The van der Waals surface area contributed by atoms with Crippen molar-refractivity contribution in [3.63, 3.8) is 0 Å². The molecule has 14 heavy (non-hydrogen) atoms. The number of hydrogen-bond donors (Lipinski definition) is 3. The zero-order valence-electron chi connectivity index (χ0n) is 8.41. The Morgan fingerprint density at radius 3 is 2.79 bits per heavy atom. The second-order valence-electron chi connectivity index (χ2n) is 4.36. The van der Waals surface area contributed by atoms with Crippen LogP contribution in [0, 0.1) is 0 Å². The van der Waals surface area contributed by atoms with Crippen molar-refractivity contribution in [1.82, 2.24) is 0 Å². The number of phenols is 1. The molecule has 0 saturated heterocycles. The van der Waals surface area contributed by atoms with Gasteiger partial charge in [0, 0.05) is 18.2 Å². The zero-order chi connectivity index (χ0) is 10.3. The van der Waals surface area contributed by atoms with Crippen LogP contribution in [-0.2, 0) is 0 Å². The van der Waals surface area contributed by atoms with Crippen molar-refractivity contribution >= 4 is 5.69 Å². The average Bonchev–Trinajstić information content (AvgIpc) is 2.45. The summed E-state index contributed by atoms with van der Waals surface area (Å²) < 4.78 is 0. The molecule has 1 unspecified atom stereocenters. The van der Waals surface area contributed by atoms with Gasteiger partial charge in [-0.05, 0) is 37.6 Å². The molecule has 0 spiro atoms. The van der Waals surface area contributed by atoms with Crippen molar-refractivity contribution in [1.29, 1.82) is 0 Å². The Hall–Kier alpha value is -1.22. The number of fused-ring (bicyclic) bond motifs is 1. The normalized spacial score (nSPS) is 20.4. The van der Waals surface area contributed by atoms with Crippen LogP contribution >= 0.6 is 0 Å². The number of phenolic OH excluding ortho intramolecular Hbond substituents is 1. The fourth-order valence-corrected chi connectivity index (χ4v) is 1.95. The topological polar surface area (TPSA) is 52.5 Å². The number of benzene rings is 1. The molecule has 3 nitrogen and oxygen atoms in total. The highest BCUT2D eigenvalue weighted by Gasteiger charge is 2.34. The van der Waals surface area contributed by atoms with Crippen LogP contribution in [0.25, 0.3) is 0 Å². The molecule has 0 radical (unpaired) electrons. The molecule has 1 aliphatic rings. The maximum Gasteiger partial charge on any atom is 0.116 e. The minimum Gasteiger partial charge on any atom is -0.508 e. The average molecular weight is 193 g/mol. The maximum absolute atomic E-state index is 9.93. The molecule has 3 N–H and O–H groups in total. The molecule has 1 heterocycles. The van der Waals surface area contributed by atoms with Crippen LogP contribution in [0.2, 0.25) is 0 Å². The Bertz CT molecular complexity index is 355. The first-order valence-electron chi connectivity index (χ1n) is 4.77. The Morgan fingerprint density at radius 1 is 1.43 bits per heavy atom. The summed E-state index contributed by atoms with van der Waals surface area (Å²) in [5, 5.41) is 22.5. The summed E-state index contributed by atoms with van der Waals surface area (Å²) in [6.07, 6.45) is 0. The highest BCUT2D eigenvalue weighted by atomic mass is 16.3. The molecule has 1 aromatic carbocycles. The quantitative estimate of drug-likeness (QED) is 0.595. The van der Waals surface area contributed by atoms with Crippen LogP contribution in [0.5, 0.6) is 5.75 Å². The lowest BCUT2D eigenvalue weighted by molar-refractivity contribution is 0.0562. The molecule has 1 aliphatic heterocycles. The highest BCUT2D eigenvalue weighted by molar-refractivity contribution is 5.60. The second kappa shape index (κ2) is 2.89. The van der Waals surface area contributed by atoms with Crippen molar-refractivity contribution in [3.8, 4) is 5.75 Å². The molecule has 0 amide bonds. The van der Waals surface area contributed by atoms with Gasteiger partial charge in [-0.15, -0.1) is 0 Å². The summed E-state index contributed by atoms with van der Waals surface area (Å²) in [5.74, 6) is 0.297. The second-order valence-corrected chi connectivity index (χ2v) is 4.36. The van der Waals surface area contributed by atoms with Crippen LogP contribution in [0.1, 0.15) is 25.3 Å². The van der Waals surface area contributed by atoms with Crippen LogP contribution in [0.3, 0.4) is 0 Å². The monoisotopic (exact) mass is 193 g/mol. The van der Waals surface area contributed by atoms with Gasteiger partial charge in [0.05, 0.1) is 5.60 Å². The first-order chi connectivity index (χ1) is 6.48. The number of aliphatic hydroxyl groups is 1. The van der Waals surface area contributed by atoms with Crippen LogP contribution in [0.4, 0.5) is 5.69 Å². The first kappa shape index (κ1) is 9.34. The zero-order valence-corrected chi connectivity index (χ0v) is 8.41. The van der Waals surface area contributed by atoms with Crippen molar-refractivity contribution in [3.05, 3.63) is 23.8 Å².